The van der Waals surface area contributed by atoms with Crippen LogP contribution in [0.5, 0.6) is 5.75 Å². The van der Waals surface area contributed by atoms with Gasteiger partial charge in [-0.1, -0.05) is 56.3 Å². The fourth-order valence-electron chi connectivity index (χ4n) is 3.12. The quantitative estimate of drug-likeness (QED) is 0.467. The summed E-state index contributed by atoms with van der Waals surface area (Å²) >= 11 is 0. The van der Waals surface area contributed by atoms with Gasteiger partial charge in [0.2, 0.25) is 5.91 Å². The van der Waals surface area contributed by atoms with E-state index in [0.29, 0.717) is 19.4 Å². The SMILES string of the molecule is Br.CN[C@@H](Cc1ccc(OCc2ccccc2)cc1)C(=O)N[C@@H](CC(C)C)C(=O)OC. The van der Waals surface area contributed by atoms with E-state index >= 15 is 0 Å². The highest BCUT2D eigenvalue weighted by atomic mass is 79.9. The number of nitrogens with one attached hydrogen (secondary N) is 2. The second-order valence-electron chi connectivity index (χ2n) is 7.68. The van der Waals surface area contributed by atoms with Crippen molar-refractivity contribution < 1.29 is 19.1 Å². The van der Waals surface area contributed by atoms with E-state index in [1.165, 1.54) is 7.11 Å². The molecule has 7 heteroatoms. The molecule has 0 saturated carbocycles. The van der Waals surface area contributed by atoms with E-state index in [2.05, 4.69) is 10.6 Å². The average molecular weight is 493 g/mol. The molecule has 0 bridgehead atoms. The summed E-state index contributed by atoms with van der Waals surface area (Å²) in [5, 5.41) is 5.85. The minimum Gasteiger partial charge on any atom is -0.489 e. The first-order valence-electron chi connectivity index (χ1n) is 10.2. The van der Waals surface area contributed by atoms with Gasteiger partial charge in [0.15, 0.2) is 0 Å². The van der Waals surface area contributed by atoms with Crippen LogP contribution in [0, 0.1) is 5.92 Å². The first-order valence-corrected chi connectivity index (χ1v) is 10.2. The van der Waals surface area contributed by atoms with Crippen molar-refractivity contribution >= 4 is 28.9 Å². The van der Waals surface area contributed by atoms with Gasteiger partial charge in [0.25, 0.3) is 0 Å². The normalized spacial score (nSPS) is 12.4. The van der Waals surface area contributed by atoms with Crippen molar-refractivity contribution in [3.8, 4) is 5.75 Å². The molecule has 170 valence electrons. The topological polar surface area (TPSA) is 76.7 Å². The standard InChI is InChI=1S/C24H32N2O4.BrH/c1-17(2)14-22(24(28)29-4)26-23(27)21(25-3)15-18-10-12-20(13-11-18)30-16-19-8-6-5-7-9-19;/h5-13,17,21-22,25H,14-16H2,1-4H3,(H,26,27);1H/t21-,22-;/m0./s1. The number of amides is 1. The van der Waals surface area contributed by atoms with Gasteiger partial charge in [-0.3, -0.25) is 4.79 Å². The van der Waals surface area contributed by atoms with Gasteiger partial charge in [-0.25, -0.2) is 4.79 Å². The number of carbonyl (C=O) groups is 2. The van der Waals surface area contributed by atoms with E-state index < -0.39 is 18.1 Å². The van der Waals surface area contributed by atoms with Crippen LogP contribution in [0.25, 0.3) is 0 Å². The van der Waals surface area contributed by atoms with Crippen LogP contribution in [0.2, 0.25) is 0 Å². The molecule has 31 heavy (non-hydrogen) atoms. The van der Waals surface area contributed by atoms with Crippen molar-refractivity contribution in [2.45, 2.75) is 45.4 Å². The number of benzene rings is 2. The van der Waals surface area contributed by atoms with Crippen LogP contribution < -0.4 is 15.4 Å². The van der Waals surface area contributed by atoms with Gasteiger partial charge in [0, 0.05) is 0 Å². The number of hydrogen-bond acceptors (Lipinski definition) is 5. The molecule has 1 amide bonds. The molecule has 0 saturated heterocycles. The monoisotopic (exact) mass is 492 g/mol. The molecular weight excluding hydrogens is 460 g/mol. The summed E-state index contributed by atoms with van der Waals surface area (Å²) in [5.41, 5.74) is 2.10. The molecule has 2 rings (SSSR count). The highest BCUT2D eigenvalue weighted by Gasteiger charge is 2.26. The number of likely N-dealkylation sites (N-methyl/N-ethyl adjacent to an activating group) is 1. The smallest absolute Gasteiger partial charge is 0.328 e. The summed E-state index contributed by atoms with van der Waals surface area (Å²) < 4.78 is 10.6. The third kappa shape index (κ3) is 9.11. The molecular formula is C24H33BrN2O4. The fraction of sp³-hybridized carbons (Fsp3) is 0.417. The molecule has 0 aliphatic heterocycles. The first-order chi connectivity index (χ1) is 14.4. The Hall–Kier alpha value is -2.38. The first kappa shape index (κ1) is 26.7. The maximum absolute atomic E-state index is 12.7. The molecule has 2 aromatic rings. The van der Waals surface area contributed by atoms with Crippen molar-refractivity contribution in [3.05, 3.63) is 65.7 Å². The minimum absolute atomic E-state index is 0. The molecule has 0 aliphatic carbocycles. The molecule has 0 radical (unpaired) electrons. The number of carbonyl (C=O) groups excluding carboxylic acids is 2. The van der Waals surface area contributed by atoms with Crippen LogP contribution in [-0.2, 0) is 27.4 Å². The van der Waals surface area contributed by atoms with Crippen molar-refractivity contribution in [1.82, 2.24) is 10.6 Å². The number of halogens is 1. The second kappa shape index (κ2) is 13.8. The predicted molar refractivity (Wildman–Crippen MR) is 127 cm³/mol. The highest BCUT2D eigenvalue weighted by molar-refractivity contribution is 8.93. The van der Waals surface area contributed by atoms with E-state index in [9.17, 15) is 9.59 Å². The van der Waals surface area contributed by atoms with Gasteiger partial charge < -0.3 is 20.1 Å². The van der Waals surface area contributed by atoms with Crippen LogP contribution >= 0.6 is 17.0 Å². The van der Waals surface area contributed by atoms with Crippen LogP contribution in [0.15, 0.2) is 54.6 Å². The Morgan fingerprint density at radius 3 is 2.13 bits per heavy atom. The molecule has 0 heterocycles. The number of hydrogen-bond donors (Lipinski definition) is 2. The predicted octanol–water partition coefficient (Wildman–Crippen LogP) is 3.68. The van der Waals surface area contributed by atoms with E-state index in [-0.39, 0.29) is 28.8 Å². The Kier molecular flexibility index (Phi) is 11.9. The Morgan fingerprint density at radius 1 is 0.935 bits per heavy atom. The zero-order chi connectivity index (χ0) is 21.9. The van der Waals surface area contributed by atoms with Crippen molar-refractivity contribution in [3.63, 3.8) is 0 Å². The Labute approximate surface area is 195 Å². The molecule has 0 aliphatic rings. The minimum atomic E-state index is -0.646. The largest absolute Gasteiger partial charge is 0.489 e. The molecule has 0 fully saturated rings. The molecule has 0 spiro atoms. The third-order valence-corrected chi connectivity index (χ3v) is 4.79. The van der Waals surface area contributed by atoms with Gasteiger partial charge in [0.05, 0.1) is 13.2 Å². The molecule has 2 N–H and O–H groups in total. The summed E-state index contributed by atoms with van der Waals surface area (Å²) in [7, 11) is 3.07. The van der Waals surface area contributed by atoms with Gasteiger partial charge in [-0.15, -0.1) is 17.0 Å². The molecule has 2 atom stereocenters. The van der Waals surface area contributed by atoms with E-state index in [0.717, 1.165) is 16.9 Å². The summed E-state index contributed by atoms with van der Waals surface area (Å²) in [5.74, 6) is 0.381. The zero-order valence-corrected chi connectivity index (χ0v) is 20.3. The van der Waals surface area contributed by atoms with Gasteiger partial charge in [0.1, 0.15) is 18.4 Å². The number of methoxy groups -OCH3 is 1. The molecule has 6 nitrogen and oxygen atoms in total. The average Bonchev–Trinajstić information content (AvgIpc) is 2.76. The maximum atomic E-state index is 12.7. The lowest BCUT2D eigenvalue weighted by molar-refractivity contribution is -0.145. The van der Waals surface area contributed by atoms with Crippen molar-refractivity contribution in [1.29, 1.82) is 0 Å². The zero-order valence-electron chi connectivity index (χ0n) is 18.6. The second-order valence-corrected chi connectivity index (χ2v) is 7.68. The Morgan fingerprint density at radius 2 is 1.58 bits per heavy atom. The number of esters is 1. The van der Waals surface area contributed by atoms with Crippen LogP contribution in [0.1, 0.15) is 31.4 Å². The Bertz CT molecular complexity index is 797. The summed E-state index contributed by atoms with van der Waals surface area (Å²) in [6.45, 7) is 4.50. The van der Waals surface area contributed by atoms with Crippen LogP contribution in [-0.4, -0.2) is 38.1 Å². The number of rotatable bonds is 11. The van der Waals surface area contributed by atoms with Gasteiger partial charge >= 0.3 is 5.97 Å². The van der Waals surface area contributed by atoms with E-state index in [1.54, 1.807) is 7.05 Å². The maximum Gasteiger partial charge on any atom is 0.328 e. The van der Waals surface area contributed by atoms with Crippen LogP contribution in [0.3, 0.4) is 0 Å². The molecule has 0 unspecified atom stereocenters. The molecule has 2 aromatic carbocycles. The molecule has 0 aromatic heterocycles. The lowest BCUT2D eigenvalue weighted by Crippen LogP contribution is -2.50. The van der Waals surface area contributed by atoms with Crippen molar-refractivity contribution in [2.24, 2.45) is 5.92 Å². The third-order valence-electron chi connectivity index (χ3n) is 4.79. The van der Waals surface area contributed by atoms with E-state index in [4.69, 9.17) is 9.47 Å². The fourth-order valence-corrected chi connectivity index (χ4v) is 3.12. The summed E-state index contributed by atoms with van der Waals surface area (Å²) in [4.78, 5) is 24.7. The lowest BCUT2D eigenvalue weighted by Gasteiger charge is -2.22. The van der Waals surface area contributed by atoms with Gasteiger partial charge in [-0.2, -0.15) is 0 Å². The lowest BCUT2D eigenvalue weighted by atomic mass is 10.0. The highest BCUT2D eigenvalue weighted by Crippen LogP contribution is 2.16. The van der Waals surface area contributed by atoms with Gasteiger partial charge in [-0.05, 0) is 49.1 Å². The van der Waals surface area contributed by atoms with E-state index in [1.807, 2.05) is 68.4 Å². The van der Waals surface area contributed by atoms with Crippen molar-refractivity contribution in [2.75, 3.05) is 14.2 Å². The summed E-state index contributed by atoms with van der Waals surface area (Å²) in [6, 6.07) is 16.6. The number of ether oxygens (including phenoxy) is 2. The summed E-state index contributed by atoms with van der Waals surface area (Å²) in [6.07, 6.45) is 1.03. The van der Waals surface area contributed by atoms with Crippen LogP contribution in [0.4, 0.5) is 0 Å². The Balaban J connectivity index is 0.00000480.